The number of nitrogens with two attached hydrogens (primary N) is 1. The third-order valence-electron chi connectivity index (χ3n) is 2.97. The van der Waals surface area contributed by atoms with Crippen molar-refractivity contribution in [2.75, 3.05) is 18.5 Å². The Balaban J connectivity index is 3.24. The molecule has 0 aliphatic heterocycles. The maximum Gasteiger partial charge on any atom is 0.416 e. The molecule has 1 rings (SSSR count). The molecule has 0 saturated carbocycles. The van der Waals surface area contributed by atoms with Crippen LogP contribution in [0.25, 0.3) is 0 Å². The van der Waals surface area contributed by atoms with Gasteiger partial charge < -0.3 is 15.8 Å². The summed E-state index contributed by atoms with van der Waals surface area (Å²) in [5, 5.41) is 11.5. The molecule has 0 saturated heterocycles. The van der Waals surface area contributed by atoms with E-state index in [1.54, 1.807) is 11.9 Å². The maximum absolute atomic E-state index is 12.7. The second kappa shape index (κ2) is 6.49. The molecule has 0 aliphatic carbocycles. The molecule has 0 aliphatic rings. The fourth-order valence-corrected chi connectivity index (χ4v) is 1.82. The lowest BCUT2D eigenvalue weighted by molar-refractivity contribution is -0.137. The van der Waals surface area contributed by atoms with Crippen LogP contribution < -0.4 is 10.6 Å². The highest BCUT2D eigenvalue weighted by atomic mass is 19.4. The molecule has 0 amide bonds. The van der Waals surface area contributed by atoms with Crippen molar-refractivity contribution in [3.63, 3.8) is 0 Å². The van der Waals surface area contributed by atoms with Crippen LogP contribution in [0.15, 0.2) is 23.4 Å². The summed E-state index contributed by atoms with van der Waals surface area (Å²) in [6, 6.07) is 3.23. The Morgan fingerprint density at radius 2 is 2.05 bits per heavy atom. The van der Waals surface area contributed by atoms with Gasteiger partial charge in [-0.2, -0.15) is 13.2 Å². The average Bonchev–Trinajstić information content (AvgIpc) is 2.42. The first-order valence-electron chi connectivity index (χ1n) is 6.21. The number of oxime groups is 1. The zero-order chi connectivity index (χ0) is 15.3. The van der Waals surface area contributed by atoms with Crippen LogP contribution in [0.4, 0.5) is 18.9 Å². The predicted octanol–water partition coefficient (Wildman–Crippen LogP) is 3.04. The van der Waals surface area contributed by atoms with Crippen molar-refractivity contribution < 1.29 is 18.4 Å². The van der Waals surface area contributed by atoms with Gasteiger partial charge in [-0.25, -0.2) is 0 Å². The van der Waals surface area contributed by atoms with Gasteiger partial charge in [0.25, 0.3) is 0 Å². The second-order valence-electron chi connectivity index (χ2n) is 4.49. The van der Waals surface area contributed by atoms with Gasteiger partial charge in [-0.3, -0.25) is 0 Å². The van der Waals surface area contributed by atoms with E-state index >= 15 is 0 Å². The molecule has 0 aromatic heterocycles. The number of nitrogens with zero attached hydrogens (tertiary/aromatic N) is 2. The Bertz CT molecular complexity index is 486. The molecule has 112 valence electrons. The topological polar surface area (TPSA) is 61.8 Å². The highest BCUT2D eigenvalue weighted by Gasteiger charge is 2.31. The Labute approximate surface area is 115 Å². The first kappa shape index (κ1) is 16.1. The van der Waals surface area contributed by atoms with Crippen molar-refractivity contribution in [3.8, 4) is 0 Å². The lowest BCUT2D eigenvalue weighted by Crippen LogP contribution is -2.24. The Morgan fingerprint density at radius 1 is 1.40 bits per heavy atom. The molecular weight excluding hydrogens is 271 g/mol. The first-order chi connectivity index (χ1) is 9.31. The summed E-state index contributed by atoms with van der Waals surface area (Å²) in [7, 11) is 1.76. The minimum Gasteiger partial charge on any atom is -0.409 e. The summed E-state index contributed by atoms with van der Waals surface area (Å²) >= 11 is 0. The van der Waals surface area contributed by atoms with Gasteiger partial charge in [-0.15, -0.1) is 0 Å². The Hall–Kier alpha value is -1.92. The molecule has 0 fully saturated rings. The van der Waals surface area contributed by atoms with Crippen LogP contribution in [0.1, 0.15) is 30.9 Å². The third-order valence-corrected chi connectivity index (χ3v) is 2.97. The fourth-order valence-electron chi connectivity index (χ4n) is 1.82. The van der Waals surface area contributed by atoms with E-state index in [0.29, 0.717) is 12.2 Å². The Morgan fingerprint density at radius 3 is 2.55 bits per heavy atom. The molecule has 0 radical (unpaired) electrons. The molecule has 20 heavy (non-hydrogen) atoms. The molecule has 0 unspecified atom stereocenters. The molecule has 7 heteroatoms. The number of hydrogen-bond donors (Lipinski definition) is 2. The number of anilines is 1. The van der Waals surface area contributed by atoms with Crippen molar-refractivity contribution >= 4 is 11.5 Å². The van der Waals surface area contributed by atoms with Crippen molar-refractivity contribution in [1.82, 2.24) is 0 Å². The number of amidine groups is 1. The minimum absolute atomic E-state index is 0.0703. The highest BCUT2D eigenvalue weighted by molar-refractivity contribution is 6.02. The van der Waals surface area contributed by atoms with Gasteiger partial charge in [0.05, 0.1) is 5.56 Å². The SMILES string of the molecule is CCCCN(C)c1ccc(C(F)(F)F)cc1/C(N)=N/O. The minimum atomic E-state index is -4.47. The average molecular weight is 289 g/mol. The van der Waals surface area contributed by atoms with Crippen molar-refractivity contribution in [2.45, 2.75) is 25.9 Å². The second-order valence-corrected chi connectivity index (χ2v) is 4.49. The van der Waals surface area contributed by atoms with Gasteiger partial charge in [-0.05, 0) is 24.6 Å². The summed E-state index contributed by atoms with van der Waals surface area (Å²) in [4.78, 5) is 1.79. The molecule has 3 N–H and O–H groups in total. The van der Waals surface area contributed by atoms with E-state index in [2.05, 4.69) is 5.16 Å². The molecule has 0 heterocycles. The number of halogens is 3. The molecule has 1 aromatic rings. The quantitative estimate of drug-likeness (QED) is 0.379. The lowest BCUT2D eigenvalue weighted by Gasteiger charge is -2.23. The van der Waals surface area contributed by atoms with E-state index < -0.39 is 11.7 Å². The first-order valence-corrected chi connectivity index (χ1v) is 6.21. The fraction of sp³-hybridized carbons (Fsp3) is 0.462. The van der Waals surface area contributed by atoms with Gasteiger partial charge in [-0.1, -0.05) is 18.5 Å². The Kier molecular flexibility index (Phi) is 5.24. The zero-order valence-corrected chi connectivity index (χ0v) is 11.4. The van der Waals surface area contributed by atoms with Gasteiger partial charge in [0.2, 0.25) is 0 Å². The van der Waals surface area contributed by atoms with Crippen molar-refractivity contribution in [1.29, 1.82) is 0 Å². The monoisotopic (exact) mass is 289 g/mol. The summed E-state index contributed by atoms with van der Waals surface area (Å²) in [6.07, 6.45) is -2.61. The summed E-state index contributed by atoms with van der Waals surface area (Å²) < 4.78 is 38.1. The number of hydrogen-bond acceptors (Lipinski definition) is 3. The van der Waals surface area contributed by atoms with Gasteiger partial charge in [0, 0.05) is 24.8 Å². The standard InChI is InChI=1S/C13H18F3N3O/c1-3-4-7-19(2)11-6-5-9(13(14,15)16)8-10(11)12(17)18-20/h5-6,8,20H,3-4,7H2,1-2H3,(H2,17,18). The molecular formula is C13H18F3N3O. The lowest BCUT2D eigenvalue weighted by atomic mass is 10.1. The number of unbranched alkanes of at least 4 members (excludes halogenated alkanes) is 1. The van der Waals surface area contributed by atoms with Crippen molar-refractivity contribution in [2.24, 2.45) is 10.9 Å². The van der Waals surface area contributed by atoms with Crippen LogP contribution in [0, 0.1) is 0 Å². The summed E-state index contributed by atoms with van der Waals surface area (Å²) in [5.74, 6) is -0.338. The van der Waals surface area contributed by atoms with Gasteiger partial charge in [0.15, 0.2) is 5.84 Å². The van der Waals surface area contributed by atoms with Crippen LogP contribution in [0.2, 0.25) is 0 Å². The summed E-state index contributed by atoms with van der Waals surface area (Å²) in [5.41, 5.74) is 5.22. The molecule has 4 nitrogen and oxygen atoms in total. The van der Waals surface area contributed by atoms with Gasteiger partial charge >= 0.3 is 6.18 Å². The van der Waals surface area contributed by atoms with E-state index in [4.69, 9.17) is 10.9 Å². The molecule has 0 spiro atoms. The van der Waals surface area contributed by atoms with Crippen LogP contribution in [-0.4, -0.2) is 24.6 Å². The largest absolute Gasteiger partial charge is 0.416 e. The van der Waals surface area contributed by atoms with E-state index in [-0.39, 0.29) is 11.4 Å². The van der Waals surface area contributed by atoms with Gasteiger partial charge in [0.1, 0.15) is 0 Å². The van der Waals surface area contributed by atoms with E-state index in [1.807, 2.05) is 6.92 Å². The van der Waals surface area contributed by atoms with Crippen LogP contribution in [-0.2, 0) is 6.18 Å². The highest BCUT2D eigenvalue weighted by Crippen LogP contribution is 2.32. The predicted molar refractivity (Wildman–Crippen MR) is 72.1 cm³/mol. The van der Waals surface area contributed by atoms with E-state index in [1.165, 1.54) is 6.07 Å². The van der Waals surface area contributed by atoms with Crippen molar-refractivity contribution in [3.05, 3.63) is 29.3 Å². The third kappa shape index (κ3) is 3.79. The smallest absolute Gasteiger partial charge is 0.409 e. The number of benzene rings is 1. The van der Waals surface area contributed by atoms with Crippen LogP contribution in [0.5, 0.6) is 0 Å². The van der Waals surface area contributed by atoms with E-state index in [9.17, 15) is 13.2 Å². The number of rotatable bonds is 5. The van der Waals surface area contributed by atoms with E-state index in [0.717, 1.165) is 25.0 Å². The molecule has 0 bridgehead atoms. The van der Waals surface area contributed by atoms with Crippen LogP contribution >= 0.6 is 0 Å². The zero-order valence-electron chi connectivity index (χ0n) is 11.4. The number of alkyl halides is 3. The molecule has 0 atom stereocenters. The summed E-state index contributed by atoms with van der Waals surface area (Å²) in [6.45, 7) is 2.69. The normalized spacial score (nSPS) is 12.6. The van der Waals surface area contributed by atoms with Crippen LogP contribution in [0.3, 0.4) is 0 Å². The maximum atomic E-state index is 12.7. The molecule has 1 aromatic carbocycles.